The van der Waals surface area contributed by atoms with Gasteiger partial charge in [-0.1, -0.05) is 6.07 Å². The second kappa shape index (κ2) is 5.36. The van der Waals surface area contributed by atoms with Gasteiger partial charge in [0.1, 0.15) is 11.6 Å². The Morgan fingerprint density at radius 2 is 1.70 bits per heavy atom. The van der Waals surface area contributed by atoms with Crippen LogP contribution in [0.2, 0.25) is 0 Å². The van der Waals surface area contributed by atoms with E-state index >= 15 is 0 Å². The number of ether oxygens (including phenoxy) is 1. The lowest BCUT2D eigenvalue weighted by Gasteiger charge is -2.08. The lowest BCUT2D eigenvalue weighted by molar-refractivity contribution is 0.103. The van der Waals surface area contributed by atoms with Gasteiger partial charge in [-0.3, -0.25) is 4.79 Å². The van der Waals surface area contributed by atoms with E-state index < -0.39 is 28.8 Å². The van der Waals surface area contributed by atoms with E-state index in [2.05, 4.69) is 0 Å². The van der Waals surface area contributed by atoms with Gasteiger partial charge in [-0.15, -0.1) is 0 Å². The summed E-state index contributed by atoms with van der Waals surface area (Å²) < 4.78 is 45.6. The van der Waals surface area contributed by atoms with Crippen LogP contribution in [0.15, 0.2) is 30.3 Å². The van der Waals surface area contributed by atoms with Gasteiger partial charge in [-0.05, 0) is 36.8 Å². The number of carbonyl (C=O) groups is 1. The predicted molar refractivity (Wildman–Crippen MR) is 67.5 cm³/mol. The van der Waals surface area contributed by atoms with E-state index in [0.29, 0.717) is 0 Å². The summed E-state index contributed by atoms with van der Waals surface area (Å²) >= 11 is 0. The lowest BCUT2D eigenvalue weighted by atomic mass is 10.00. The van der Waals surface area contributed by atoms with Gasteiger partial charge < -0.3 is 4.74 Å². The topological polar surface area (TPSA) is 26.3 Å². The van der Waals surface area contributed by atoms with Crippen molar-refractivity contribution >= 4 is 5.78 Å². The van der Waals surface area contributed by atoms with Crippen LogP contribution in [0.3, 0.4) is 0 Å². The summed E-state index contributed by atoms with van der Waals surface area (Å²) in [6, 6.07) is 5.54. The highest BCUT2D eigenvalue weighted by Crippen LogP contribution is 2.24. The van der Waals surface area contributed by atoms with Gasteiger partial charge in [0, 0.05) is 5.56 Å². The highest BCUT2D eigenvalue weighted by atomic mass is 19.1. The zero-order valence-corrected chi connectivity index (χ0v) is 10.8. The van der Waals surface area contributed by atoms with E-state index in [1.54, 1.807) is 0 Å². The molecular weight excluding hydrogens is 269 g/mol. The number of ketones is 1. The normalized spacial score (nSPS) is 10.4. The summed E-state index contributed by atoms with van der Waals surface area (Å²) in [6.07, 6.45) is 0. The molecule has 0 amide bonds. The molecule has 0 unspecified atom stereocenters. The highest BCUT2D eigenvalue weighted by molar-refractivity contribution is 6.09. The first-order chi connectivity index (χ1) is 9.45. The van der Waals surface area contributed by atoms with Crippen LogP contribution >= 0.6 is 0 Å². The Labute approximate surface area is 113 Å². The average Bonchev–Trinajstić information content (AvgIpc) is 2.43. The molecule has 0 bridgehead atoms. The Kier molecular flexibility index (Phi) is 3.79. The van der Waals surface area contributed by atoms with Gasteiger partial charge in [0.25, 0.3) is 0 Å². The second-order valence-corrected chi connectivity index (χ2v) is 4.23. The molecule has 0 saturated heterocycles. The first kappa shape index (κ1) is 14.1. The molecule has 0 radical (unpaired) electrons. The van der Waals surface area contributed by atoms with Crippen LogP contribution < -0.4 is 4.74 Å². The van der Waals surface area contributed by atoms with Crippen LogP contribution in [0.4, 0.5) is 13.2 Å². The van der Waals surface area contributed by atoms with Crippen molar-refractivity contribution in [3.8, 4) is 5.75 Å². The molecule has 0 aliphatic rings. The first-order valence-electron chi connectivity index (χ1n) is 5.78. The van der Waals surface area contributed by atoms with E-state index in [-0.39, 0.29) is 16.9 Å². The molecule has 0 aliphatic carbocycles. The van der Waals surface area contributed by atoms with Crippen LogP contribution in [-0.2, 0) is 0 Å². The molecule has 0 N–H and O–H groups in total. The fourth-order valence-corrected chi connectivity index (χ4v) is 1.81. The maximum absolute atomic E-state index is 13.9. The third kappa shape index (κ3) is 2.39. The molecule has 2 nitrogen and oxygen atoms in total. The number of carbonyl (C=O) groups excluding carboxylic acids is 1. The number of hydrogen-bond acceptors (Lipinski definition) is 2. The van der Waals surface area contributed by atoms with Gasteiger partial charge in [-0.2, -0.15) is 0 Å². The number of aryl methyl sites for hydroxylation is 1. The molecule has 0 spiro atoms. The molecule has 2 aromatic carbocycles. The third-order valence-corrected chi connectivity index (χ3v) is 2.92. The highest BCUT2D eigenvalue weighted by Gasteiger charge is 2.21. The molecule has 0 atom stereocenters. The summed E-state index contributed by atoms with van der Waals surface area (Å²) in [6.45, 7) is 1.43. The van der Waals surface area contributed by atoms with E-state index in [4.69, 9.17) is 4.74 Å². The Morgan fingerprint density at radius 1 is 1.05 bits per heavy atom. The molecule has 0 aliphatic heterocycles. The molecule has 5 heteroatoms. The van der Waals surface area contributed by atoms with Crippen LogP contribution in [-0.4, -0.2) is 12.9 Å². The molecule has 0 saturated carbocycles. The van der Waals surface area contributed by atoms with Crippen molar-refractivity contribution < 1.29 is 22.7 Å². The number of rotatable bonds is 3. The zero-order valence-electron chi connectivity index (χ0n) is 10.8. The maximum atomic E-state index is 13.9. The van der Waals surface area contributed by atoms with Gasteiger partial charge in [-0.25, -0.2) is 13.2 Å². The Bertz CT molecular complexity index is 681. The fourth-order valence-electron chi connectivity index (χ4n) is 1.81. The van der Waals surface area contributed by atoms with Crippen molar-refractivity contribution in [1.29, 1.82) is 0 Å². The minimum Gasteiger partial charge on any atom is -0.494 e. The average molecular weight is 280 g/mol. The summed E-state index contributed by atoms with van der Waals surface area (Å²) in [7, 11) is 1.24. The molecular formula is C15H11F3O2. The maximum Gasteiger partial charge on any atom is 0.199 e. The Morgan fingerprint density at radius 3 is 2.35 bits per heavy atom. The SMILES string of the molecule is COc1cc(C(=O)c2c(F)ccc(C)c2F)ccc1F. The van der Waals surface area contributed by atoms with Crippen molar-refractivity contribution in [2.45, 2.75) is 6.92 Å². The van der Waals surface area contributed by atoms with Crippen molar-refractivity contribution in [3.63, 3.8) is 0 Å². The molecule has 0 heterocycles. The van der Waals surface area contributed by atoms with Crippen LogP contribution in [0.5, 0.6) is 5.75 Å². The van der Waals surface area contributed by atoms with E-state index in [1.165, 1.54) is 20.1 Å². The van der Waals surface area contributed by atoms with E-state index in [9.17, 15) is 18.0 Å². The predicted octanol–water partition coefficient (Wildman–Crippen LogP) is 3.65. The van der Waals surface area contributed by atoms with Crippen LogP contribution in [0.25, 0.3) is 0 Å². The summed E-state index contributed by atoms with van der Waals surface area (Å²) in [5.74, 6) is -3.56. The molecule has 20 heavy (non-hydrogen) atoms. The van der Waals surface area contributed by atoms with Gasteiger partial charge in [0.15, 0.2) is 17.3 Å². The number of benzene rings is 2. The van der Waals surface area contributed by atoms with Gasteiger partial charge >= 0.3 is 0 Å². The zero-order chi connectivity index (χ0) is 14.9. The largest absolute Gasteiger partial charge is 0.494 e. The monoisotopic (exact) mass is 280 g/mol. The lowest BCUT2D eigenvalue weighted by Crippen LogP contribution is -2.09. The first-order valence-corrected chi connectivity index (χ1v) is 5.78. The summed E-state index contributed by atoms with van der Waals surface area (Å²) in [5, 5.41) is 0. The van der Waals surface area contributed by atoms with Crippen LogP contribution in [0, 0.1) is 24.4 Å². The molecule has 0 aromatic heterocycles. The quantitative estimate of drug-likeness (QED) is 0.802. The van der Waals surface area contributed by atoms with E-state index in [0.717, 1.165) is 24.3 Å². The number of hydrogen-bond donors (Lipinski definition) is 0. The van der Waals surface area contributed by atoms with Gasteiger partial charge in [0.2, 0.25) is 0 Å². The van der Waals surface area contributed by atoms with Crippen molar-refractivity contribution in [2.24, 2.45) is 0 Å². The third-order valence-electron chi connectivity index (χ3n) is 2.92. The summed E-state index contributed by atoms with van der Waals surface area (Å²) in [5.41, 5.74) is -0.547. The smallest absolute Gasteiger partial charge is 0.199 e. The van der Waals surface area contributed by atoms with E-state index in [1.807, 2.05) is 0 Å². The van der Waals surface area contributed by atoms with Gasteiger partial charge in [0.05, 0.1) is 12.7 Å². The van der Waals surface area contributed by atoms with Crippen molar-refractivity contribution in [2.75, 3.05) is 7.11 Å². The molecule has 104 valence electrons. The van der Waals surface area contributed by atoms with Crippen molar-refractivity contribution in [1.82, 2.24) is 0 Å². The Balaban J connectivity index is 2.55. The van der Waals surface area contributed by atoms with Crippen molar-refractivity contribution in [3.05, 3.63) is 64.5 Å². The summed E-state index contributed by atoms with van der Waals surface area (Å²) in [4.78, 5) is 12.2. The molecule has 2 rings (SSSR count). The second-order valence-electron chi connectivity index (χ2n) is 4.23. The van der Waals surface area contributed by atoms with Crippen LogP contribution in [0.1, 0.15) is 21.5 Å². The minimum atomic E-state index is -0.957. The minimum absolute atomic E-state index is 0.0494. The standard InChI is InChI=1S/C15H11F3O2/c1-8-3-5-11(17)13(14(8)18)15(19)9-4-6-10(16)12(7-9)20-2/h3-7H,1-2H3. The molecule has 2 aromatic rings. The number of methoxy groups -OCH3 is 1. The fraction of sp³-hybridized carbons (Fsp3) is 0.133. The molecule has 0 fully saturated rings. The Hall–Kier alpha value is -2.30. The number of halogens is 3.